The highest BCUT2D eigenvalue weighted by Crippen LogP contribution is 2.20. The molecule has 4 amide bonds. The fourth-order valence-electron chi connectivity index (χ4n) is 1.55. The van der Waals surface area contributed by atoms with Crippen molar-refractivity contribution in [2.24, 2.45) is 0 Å². The Kier molecular flexibility index (Phi) is 5.94. The first-order chi connectivity index (χ1) is 9.77. The first kappa shape index (κ1) is 16.7. The lowest BCUT2D eigenvalue weighted by atomic mass is 10.2. The molecule has 0 atom stereocenters. The zero-order valence-electron chi connectivity index (χ0n) is 12.9. The number of carbonyl (C=O) groups excluding carboxylic acids is 2. The lowest BCUT2D eigenvalue weighted by molar-refractivity contribution is 0.224. The molecule has 0 aromatic heterocycles. The van der Waals surface area contributed by atoms with Gasteiger partial charge in [0.25, 0.3) is 0 Å². The quantitative estimate of drug-likeness (QED) is 0.628. The maximum atomic E-state index is 11.7. The van der Waals surface area contributed by atoms with E-state index in [4.69, 9.17) is 0 Å². The molecule has 0 fully saturated rings. The van der Waals surface area contributed by atoms with E-state index >= 15 is 0 Å². The lowest BCUT2D eigenvalue weighted by Gasteiger charge is -2.16. The molecule has 21 heavy (non-hydrogen) atoms. The Morgan fingerprint density at radius 2 is 1.43 bits per heavy atom. The average molecular weight is 294 g/mol. The van der Waals surface area contributed by atoms with Crippen molar-refractivity contribution < 1.29 is 9.59 Å². The minimum Gasteiger partial charge on any atom is -0.307 e. The number of anilines is 2. The van der Waals surface area contributed by atoms with E-state index in [1.165, 1.54) is 10.0 Å². The van der Waals surface area contributed by atoms with Crippen LogP contribution in [0.1, 0.15) is 5.56 Å². The van der Waals surface area contributed by atoms with Crippen molar-refractivity contribution in [2.75, 3.05) is 38.8 Å². The van der Waals surface area contributed by atoms with Gasteiger partial charge in [0, 0.05) is 39.6 Å². The number of carbonyl (C=O) groups is 2. The molecular formula is C13H22N6O2. The fraction of sp³-hybridized carbons (Fsp3) is 0.385. The number of nitrogens with zero attached hydrogens (tertiary/aromatic N) is 2. The molecular weight excluding hydrogens is 272 g/mol. The molecule has 8 nitrogen and oxygen atoms in total. The number of hydrogen-bond donors (Lipinski definition) is 4. The second-order valence-corrected chi connectivity index (χ2v) is 4.95. The molecule has 0 aliphatic heterocycles. The van der Waals surface area contributed by atoms with Crippen LogP contribution in [0.25, 0.3) is 0 Å². The Morgan fingerprint density at radius 1 is 0.905 bits per heavy atom. The molecule has 0 heterocycles. The van der Waals surface area contributed by atoms with Crippen molar-refractivity contribution in [1.29, 1.82) is 0 Å². The molecule has 0 aliphatic rings. The van der Waals surface area contributed by atoms with Crippen LogP contribution in [0.4, 0.5) is 21.0 Å². The Bertz CT molecular complexity index is 515. The minimum atomic E-state index is -0.354. The minimum absolute atomic E-state index is 0.349. The molecule has 116 valence electrons. The third-order valence-corrected chi connectivity index (χ3v) is 2.39. The molecule has 1 aromatic rings. The SMILES string of the molecule is Cc1ccc(NC(=O)NN(C)C)cc1NC(=O)NN(C)C. The summed E-state index contributed by atoms with van der Waals surface area (Å²) in [4.78, 5) is 23.3. The van der Waals surface area contributed by atoms with Crippen molar-refractivity contribution in [1.82, 2.24) is 20.9 Å². The van der Waals surface area contributed by atoms with Gasteiger partial charge in [-0.25, -0.2) is 19.6 Å². The Hall–Kier alpha value is -2.32. The summed E-state index contributed by atoms with van der Waals surface area (Å²) in [6.45, 7) is 1.87. The van der Waals surface area contributed by atoms with Gasteiger partial charge >= 0.3 is 12.1 Å². The monoisotopic (exact) mass is 294 g/mol. The van der Waals surface area contributed by atoms with E-state index in [0.29, 0.717) is 11.4 Å². The molecule has 1 aromatic carbocycles. The van der Waals surface area contributed by atoms with Crippen molar-refractivity contribution in [2.45, 2.75) is 6.92 Å². The maximum Gasteiger partial charge on any atom is 0.333 e. The smallest absolute Gasteiger partial charge is 0.307 e. The number of hydrogen-bond acceptors (Lipinski definition) is 4. The van der Waals surface area contributed by atoms with E-state index in [-0.39, 0.29) is 12.1 Å². The van der Waals surface area contributed by atoms with Gasteiger partial charge in [-0.1, -0.05) is 6.07 Å². The summed E-state index contributed by atoms with van der Waals surface area (Å²) >= 11 is 0. The number of rotatable bonds is 4. The van der Waals surface area contributed by atoms with E-state index in [9.17, 15) is 9.59 Å². The summed E-state index contributed by atoms with van der Waals surface area (Å²) in [6.07, 6.45) is 0. The van der Waals surface area contributed by atoms with Crippen molar-refractivity contribution in [3.63, 3.8) is 0 Å². The number of hydrazine groups is 2. The zero-order chi connectivity index (χ0) is 16.0. The van der Waals surface area contributed by atoms with Gasteiger partial charge in [0.05, 0.1) is 0 Å². The average Bonchev–Trinajstić information content (AvgIpc) is 2.31. The number of amides is 4. The van der Waals surface area contributed by atoms with Crippen LogP contribution in [-0.2, 0) is 0 Å². The Labute approximate surface area is 124 Å². The number of benzene rings is 1. The van der Waals surface area contributed by atoms with Gasteiger partial charge in [0.1, 0.15) is 0 Å². The van der Waals surface area contributed by atoms with Gasteiger partial charge < -0.3 is 10.6 Å². The molecule has 4 N–H and O–H groups in total. The van der Waals surface area contributed by atoms with Crippen LogP contribution in [0.2, 0.25) is 0 Å². The third kappa shape index (κ3) is 6.11. The largest absolute Gasteiger partial charge is 0.333 e. The van der Waals surface area contributed by atoms with Crippen LogP contribution in [0.15, 0.2) is 18.2 Å². The Morgan fingerprint density at radius 3 is 1.95 bits per heavy atom. The maximum absolute atomic E-state index is 11.7. The molecule has 0 spiro atoms. The van der Waals surface area contributed by atoms with Gasteiger partial charge in [-0.3, -0.25) is 10.9 Å². The van der Waals surface area contributed by atoms with Gasteiger partial charge in [-0.15, -0.1) is 0 Å². The highest BCUT2D eigenvalue weighted by atomic mass is 16.2. The summed E-state index contributed by atoms with van der Waals surface area (Å²) in [5.41, 5.74) is 7.25. The first-order valence-electron chi connectivity index (χ1n) is 6.38. The molecule has 0 aliphatic carbocycles. The van der Waals surface area contributed by atoms with E-state index in [1.54, 1.807) is 40.3 Å². The van der Waals surface area contributed by atoms with Gasteiger partial charge in [-0.05, 0) is 24.6 Å². The fourth-order valence-corrected chi connectivity index (χ4v) is 1.55. The van der Waals surface area contributed by atoms with Crippen LogP contribution >= 0.6 is 0 Å². The molecule has 8 heteroatoms. The van der Waals surface area contributed by atoms with E-state index < -0.39 is 0 Å². The van der Waals surface area contributed by atoms with Gasteiger partial charge in [-0.2, -0.15) is 0 Å². The third-order valence-electron chi connectivity index (χ3n) is 2.39. The topological polar surface area (TPSA) is 88.7 Å². The van der Waals surface area contributed by atoms with Crippen LogP contribution in [0.5, 0.6) is 0 Å². The lowest BCUT2D eigenvalue weighted by Crippen LogP contribution is -2.39. The number of aryl methyl sites for hydroxylation is 1. The molecule has 0 radical (unpaired) electrons. The van der Waals surface area contributed by atoms with Crippen LogP contribution in [-0.4, -0.2) is 50.3 Å². The summed E-state index contributed by atoms with van der Waals surface area (Å²) in [5.74, 6) is 0. The first-order valence-corrected chi connectivity index (χ1v) is 6.38. The predicted octanol–water partition coefficient (Wildman–Crippen LogP) is 1.19. The van der Waals surface area contributed by atoms with Crippen molar-refractivity contribution in [3.8, 4) is 0 Å². The summed E-state index contributed by atoms with van der Waals surface area (Å²) in [7, 11) is 6.87. The number of urea groups is 2. The predicted molar refractivity (Wildman–Crippen MR) is 82.9 cm³/mol. The standard InChI is InChI=1S/C13H22N6O2/c1-9-6-7-10(14-12(20)16-18(2)3)8-11(9)15-13(21)17-19(4)5/h6-8H,1-5H3,(H2,14,16,20)(H2,15,17,21). The molecule has 1 rings (SSSR count). The zero-order valence-corrected chi connectivity index (χ0v) is 12.9. The van der Waals surface area contributed by atoms with Crippen molar-refractivity contribution >= 4 is 23.4 Å². The normalized spacial score (nSPS) is 10.4. The summed E-state index contributed by atoms with van der Waals surface area (Å²) in [6, 6.07) is 4.57. The van der Waals surface area contributed by atoms with Crippen LogP contribution < -0.4 is 21.5 Å². The van der Waals surface area contributed by atoms with E-state index in [2.05, 4.69) is 21.5 Å². The van der Waals surface area contributed by atoms with Crippen molar-refractivity contribution in [3.05, 3.63) is 23.8 Å². The summed E-state index contributed by atoms with van der Waals surface area (Å²) in [5, 5.41) is 8.48. The molecule has 0 unspecified atom stereocenters. The van der Waals surface area contributed by atoms with E-state index in [0.717, 1.165) is 5.56 Å². The highest BCUT2D eigenvalue weighted by Gasteiger charge is 2.08. The Balaban J connectivity index is 2.75. The highest BCUT2D eigenvalue weighted by molar-refractivity contribution is 5.93. The second kappa shape index (κ2) is 7.46. The summed E-state index contributed by atoms with van der Waals surface area (Å²) < 4.78 is 0. The van der Waals surface area contributed by atoms with Gasteiger partial charge in [0.15, 0.2) is 0 Å². The number of nitrogens with one attached hydrogen (secondary N) is 4. The molecule has 0 saturated carbocycles. The van der Waals surface area contributed by atoms with Gasteiger partial charge in [0.2, 0.25) is 0 Å². The van der Waals surface area contributed by atoms with Crippen LogP contribution in [0, 0.1) is 6.92 Å². The second-order valence-electron chi connectivity index (χ2n) is 4.95. The molecule has 0 saturated heterocycles. The molecule has 0 bridgehead atoms. The van der Waals surface area contributed by atoms with Crippen LogP contribution in [0.3, 0.4) is 0 Å². The van der Waals surface area contributed by atoms with E-state index in [1.807, 2.05) is 13.0 Å².